The van der Waals surface area contributed by atoms with E-state index in [4.69, 9.17) is 0 Å². The van der Waals surface area contributed by atoms with Crippen LogP contribution in [-0.4, -0.2) is 35.4 Å². The molecule has 5 heterocycles. The molecule has 334 valence electrons. The van der Waals surface area contributed by atoms with Gasteiger partial charge in [-0.25, -0.2) is 0 Å². The van der Waals surface area contributed by atoms with Crippen LogP contribution >= 0.6 is 0 Å². The molecular weight excluding hydrogens is 785 g/mol. The van der Waals surface area contributed by atoms with E-state index in [1.807, 2.05) is 35.9 Å². The van der Waals surface area contributed by atoms with E-state index in [0.717, 1.165) is 10.7 Å². The smallest absolute Gasteiger partial charge is 0.130 e. The van der Waals surface area contributed by atoms with E-state index in [0.29, 0.717) is 36.3 Å². The van der Waals surface area contributed by atoms with Gasteiger partial charge in [0.1, 0.15) is 6.67 Å². The summed E-state index contributed by atoms with van der Waals surface area (Å²) in [5, 5.41) is 15.8. The van der Waals surface area contributed by atoms with Gasteiger partial charge in [-0.1, -0.05) is 124 Å². The number of hydrogen-bond donors (Lipinski definition) is 0. The summed E-state index contributed by atoms with van der Waals surface area (Å²) in [7, 11) is 8.14. The molecule has 0 radical (unpaired) electrons. The van der Waals surface area contributed by atoms with Gasteiger partial charge in [-0.2, -0.15) is 10.2 Å². The lowest BCUT2D eigenvalue weighted by atomic mass is 10.00. The van der Waals surface area contributed by atoms with E-state index < -0.39 is 0 Å². The molecule has 8 heteroatoms. The van der Waals surface area contributed by atoms with Gasteiger partial charge in [0.05, 0.1) is 34.1 Å². The monoisotopic (exact) mass is 855 g/mol. The molecule has 0 atom stereocenters. The molecule has 0 amide bonds. The Kier molecular flexibility index (Phi) is 15.4. The third-order valence-electron chi connectivity index (χ3n) is 12.2. The van der Waals surface area contributed by atoms with Crippen molar-refractivity contribution >= 4 is 43.6 Å². The minimum Gasteiger partial charge on any atom is -0.351 e. The molecule has 4 aromatic heterocycles. The number of aromatic nitrogens is 6. The van der Waals surface area contributed by atoms with Gasteiger partial charge in [0.15, 0.2) is 0 Å². The van der Waals surface area contributed by atoms with Crippen LogP contribution in [-0.2, 0) is 28.2 Å². The summed E-state index contributed by atoms with van der Waals surface area (Å²) in [6.07, 6.45) is 8.11. The highest BCUT2D eigenvalue weighted by atomic mass is 15.3. The van der Waals surface area contributed by atoms with Crippen LogP contribution < -0.4 is 10.7 Å². The van der Waals surface area contributed by atoms with Gasteiger partial charge >= 0.3 is 0 Å². The zero-order chi connectivity index (χ0) is 46.2. The Bertz CT molecular complexity index is 2900. The lowest BCUT2D eigenvalue weighted by Gasteiger charge is -2.06. The molecule has 0 saturated carbocycles. The standard InChI is InChI=1S/2C12H15N.2C11H14N2.C10H12N2/c2*1-9(2)11-5-4-10-6-7-13(3)12(10)8-11;2*1-8(2)9-5-4-6-11-10(9)7-12-13(11)3;1-7(2)8-3-4-9-10(5-8)12-6-11-9/h2*4-9H,1-3H3;2*4-8H,1-3H3;3-5,7H,6H2,1-2H3. The summed E-state index contributed by atoms with van der Waals surface area (Å²) in [6, 6.07) is 36.8. The van der Waals surface area contributed by atoms with Crippen LogP contribution in [0.15, 0.2) is 138 Å². The molecule has 1 aliphatic rings. The minimum absolute atomic E-state index is 0.563. The van der Waals surface area contributed by atoms with E-state index in [9.17, 15) is 0 Å². The van der Waals surface area contributed by atoms with E-state index in [2.05, 4.69) is 228 Å². The lowest BCUT2D eigenvalue weighted by molar-refractivity contribution is 0.797. The molecule has 10 rings (SSSR count). The Labute approximate surface area is 381 Å². The number of aryl methyl sites for hydroxylation is 4. The zero-order valence-corrected chi connectivity index (χ0v) is 40.8. The van der Waals surface area contributed by atoms with Gasteiger partial charge in [-0.3, -0.25) is 19.3 Å². The average Bonchev–Trinajstić information content (AvgIpc) is 4.14. The van der Waals surface area contributed by atoms with E-state index in [1.54, 1.807) is 0 Å². The number of rotatable bonds is 5. The SMILES string of the molecule is CC(C)c1ccc2c(c1)=NCN=2.CC(C)c1ccc2ccn(C)c2c1.CC(C)c1ccc2ccn(C)c2c1.CC(C)c1cccc2c1cnn2C.CC(C)c1cccc2c1cnn2C. The predicted molar refractivity (Wildman–Crippen MR) is 271 cm³/mol. The molecule has 0 bridgehead atoms. The van der Waals surface area contributed by atoms with Gasteiger partial charge in [0.25, 0.3) is 0 Å². The molecule has 8 nitrogen and oxygen atoms in total. The van der Waals surface area contributed by atoms with Crippen LogP contribution in [0.1, 0.15) is 127 Å². The van der Waals surface area contributed by atoms with Gasteiger partial charge in [0.2, 0.25) is 0 Å². The molecule has 0 spiro atoms. The van der Waals surface area contributed by atoms with Crippen molar-refractivity contribution in [1.82, 2.24) is 28.7 Å². The first kappa shape index (κ1) is 47.2. The fraction of sp³-hybridized carbons (Fsp3) is 0.357. The maximum Gasteiger partial charge on any atom is 0.130 e. The van der Waals surface area contributed by atoms with Crippen molar-refractivity contribution in [1.29, 1.82) is 0 Å². The normalized spacial score (nSPS) is 11.9. The topological polar surface area (TPSA) is 70.2 Å². The first-order valence-corrected chi connectivity index (χ1v) is 22.9. The van der Waals surface area contributed by atoms with Crippen molar-refractivity contribution in [3.05, 3.63) is 166 Å². The van der Waals surface area contributed by atoms with Gasteiger partial charge in [-0.05, 0) is 117 Å². The van der Waals surface area contributed by atoms with E-state index in [1.165, 1.54) is 71.4 Å². The highest BCUT2D eigenvalue weighted by molar-refractivity contribution is 5.84. The molecule has 5 aromatic carbocycles. The second kappa shape index (κ2) is 20.9. The Hall–Kier alpha value is -6.28. The van der Waals surface area contributed by atoms with Gasteiger partial charge < -0.3 is 9.13 Å². The molecule has 9 aromatic rings. The lowest BCUT2D eigenvalue weighted by Crippen LogP contribution is -2.21. The van der Waals surface area contributed by atoms with Crippen LogP contribution in [0.3, 0.4) is 0 Å². The largest absolute Gasteiger partial charge is 0.351 e. The molecule has 64 heavy (non-hydrogen) atoms. The molecule has 0 saturated heterocycles. The Morgan fingerprint density at radius 2 is 0.812 bits per heavy atom. The first-order valence-electron chi connectivity index (χ1n) is 22.9. The molecule has 0 aliphatic carbocycles. The molecule has 0 N–H and O–H groups in total. The maximum atomic E-state index is 4.28. The number of benzene rings is 5. The van der Waals surface area contributed by atoms with E-state index in [-0.39, 0.29) is 0 Å². The van der Waals surface area contributed by atoms with Crippen molar-refractivity contribution in [2.24, 2.45) is 38.2 Å². The minimum atomic E-state index is 0.563. The third kappa shape index (κ3) is 11.1. The van der Waals surface area contributed by atoms with Crippen molar-refractivity contribution < 1.29 is 0 Å². The average molecular weight is 855 g/mol. The highest BCUT2D eigenvalue weighted by Crippen LogP contribution is 2.26. The Morgan fingerprint density at radius 1 is 0.406 bits per heavy atom. The molecule has 0 unspecified atom stereocenters. The van der Waals surface area contributed by atoms with Crippen LogP contribution in [0.2, 0.25) is 0 Å². The molecule has 0 fully saturated rings. The quantitative estimate of drug-likeness (QED) is 0.173. The van der Waals surface area contributed by atoms with Crippen LogP contribution in [0.5, 0.6) is 0 Å². The fourth-order valence-electron chi connectivity index (χ4n) is 8.03. The first-order chi connectivity index (χ1) is 30.5. The third-order valence-corrected chi connectivity index (χ3v) is 12.2. The van der Waals surface area contributed by atoms with Gasteiger partial charge in [-0.15, -0.1) is 0 Å². The van der Waals surface area contributed by atoms with Crippen molar-refractivity contribution in [3.8, 4) is 0 Å². The Balaban J connectivity index is 0.000000133. The molecular formula is C56H70N8. The predicted octanol–water partition coefficient (Wildman–Crippen LogP) is 13.0. The van der Waals surface area contributed by atoms with Crippen molar-refractivity contribution in [2.45, 2.75) is 98.8 Å². The van der Waals surface area contributed by atoms with Crippen LogP contribution in [0.4, 0.5) is 0 Å². The number of fused-ring (bicyclic) bond motifs is 5. The second-order valence-corrected chi connectivity index (χ2v) is 18.6. The molecule has 1 aliphatic heterocycles. The summed E-state index contributed by atoms with van der Waals surface area (Å²) in [5.41, 5.74) is 12.0. The summed E-state index contributed by atoms with van der Waals surface area (Å²) < 4.78 is 8.17. The summed E-state index contributed by atoms with van der Waals surface area (Å²) in [5.74, 6) is 2.92. The summed E-state index contributed by atoms with van der Waals surface area (Å²) in [6.45, 7) is 22.7. The summed E-state index contributed by atoms with van der Waals surface area (Å²) >= 11 is 0. The number of hydrogen-bond acceptors (Lipinski definition) is 4. The van der Waals surface area contributed by atoms with E-state index >= 15 is 0 Å². The zero-order valence-electron chi connectivity index (χ0n) is 40.8. The number of nitrogens with zero attached hydrogens (tertiary/aromatic N) is 8. The van der Waals surface area contributed by atoms with Crippen molar-refractivity contribution in [3.63, 3.8) is 0 Å². The Morgan fingerprint density at radius 3 is 1.23 bits per heavy atom. The van der Waals surface area contributed by atoms with Gasteiger partial charge in [0, 0.05) is 62.4 Å². The summed E-state index contributed by atoms with van der Waals surface area (Å²) in [4.78, 5) is 8.51. The maximum absolute atomic E-state index is 4.28. The van der Waals surface area contributed by atoms with Crippen molar-refractivity contribution in [2.75, 3.05) is 6.67 Å². The second-order valence-electron chi connectivity index (χ2n) is 18.6. The fourth-order valence-corrected chi connectivity index (χ4v) is 8.03. The van der Waals surface area contributed by atoms with Crippen LogP contribution in [0, 0.1) is 0 Å². The van der Waals surface area contributed by atoms with Crippen LogP contribution in [0.25, 0.3) is 43.6 Å². The highest BCUT2D eigenvalue weighted by Gasteiger charge is 2.09.